The lowest BCUT2D eigenvalue weighted by atomic mass is 9.59. The van der Waals surface area contributed by atoms with E-state index < -0.39 is 11.5 Å². The van der Waals surface area contributed by atoms with E-state index >= 15 is 0 Å². The quantitative estimate of drug-likeness (QED) is 0.321. The molecule has 2 aromatic heterocycles. The molecule has 40 heavy (non-hydrogen) atoms. The average Bonchev–Trinajstić information content (AvgIpc) is 3.10. The van der Waals surface area contributed by atoms with Crippen molar-refractivity contribution < 1.29 is 14.6 Å². The van der Waals surface area contributed by atoms with Crippen LogP contribution in [0.25, 0.3) is 22.5 Å². The second-order valence-corrected chi connectivity index (χ2v) is 14.2. The largest absolute Gasteiger partial charge is 0.512 e. The molecule has 9 heteroatoms. The van der Waals surface area contributed by atoms with Crippen molar-refractivity contribution >= 4 is 46.4 Å². The third-order valence-corrected chi connectivity index (χ3v) is 8.87. The van der Waals surface area contributed by atoms with Crippen LogP contribution in [0, 0.1) is 28.6 Å². The molecule has 0 aliphatic heterocycles. The van der Waals surface area contributed by atoms with Crippen molar-refractivity contribution in [3.63, 3.8) is 0 Å². The maximum absolute atomic E-state index is 14.3. The molecule has 2 unspecified atom stereocenters. The number of rotatable bonds is 3. The molecule has 0 bridgehead atoms. The molecule has 216 valence electrons. The van der Waals surface area contributed by atoms with Gasteiger partial charge in [-0.25, -0.2) is 14.2 Å². The predicted molar refractivity (Wildman–Crippen MR) is 162 cm³/mol. The number of esters is 1. The Morgan fingerprint density at radius 3 is 2.05 bits per heavy atom. The number of carbonyl (C=O) groups is 1. The van der Waals surface area contributed by atoms with E-state index in [2.05, 4.69) is 53.5 Å². The summed E-state index contributed by atoms with van der Waals surface area (Å²) in [7, 11) is 0. The molecule has 1 fully saturated rings. The summed E-state index contributed by atoms with van der Waals surface area (Å²) in [4.78, 5) is 32.2. The van der Waals surface area contributed by atoms with Gasteiger partial charge in [-0.15, -0.1) is 0 Å². The van der Waals surface area contributed by atoms with Crippen molar-refractivity contribution in [2.45, 2.75) is 74.3 Å². The highest BCUT2D eigenvalue weighted by Gasteiger charge is 2.48. The van der Waals surface area contributed by atoms with Crippen molar-refractivity contribution in [2.75, 3.05) is 5.73 Å². The Morgan fingerprint density at radius 2 is 1.57 bits per heavy atom. The van der Waals surface area contributed by atoms with Crippen LogP contribution in [0.15, 0.2) is 29.1 Å². The number of aromatic nitrogens is 2. The normalized spacial score (nSPS) is 22.9. The van der Waals surface area contributed by atoms with Gasteiger partial charge in [-0.3, -0.25) is 4.79 Å². The average molecular weight is 589 g/mol. The van der Waals surface area contributed by atoms with Crippen LogP contribution in [0.5, 0.6) is 0 Å². The van der Waals surface area contributed by atoms with Crippen LogP contribution in [0.1, 0.15) is 78.6 Å². The molecule has 1 saturated carbocycles. The number of anilines is 1. The Morgan fingerprint density at radius 1 is 1.05 bits per heavy atom. The van der Waals surface area contributed by atoms with Crippen LogP contribution in [0.4, 0.5) is 5.82 Å². The number of fused-ring (bicyclic) bond motifs is 1. The predicted octanol–water partition coefficient (Wildman–Crippen LogP) is 6.94. The maximum Gasteiger partial charge on any atom is 0.342 e. The molecule has 0 spiro atoms. The summed E-state index contributed by atoms with van der Waals surface area (Å²) >= 11 is 13.0. The first-order valence-electron chi connectivity index (χ1n) is 13.6. The van der Waals surface area contributed by atoms with E-state index in [0.717, 1.165) is 17.2 Å². The Bertz CT molecular complexity index is 1540. The molecule has 0 saturated heterocycles. The van der Waals surface area contributed by atoms with Gasteiger partial charge in [-0.05, 0) is 54.2 Å². The molecule has 1 aliphatic rings. The lowest BCUT2D eigenvalue weighted by molar-refractivity contribution is -0.0922. The number of aliphatic hydroxyl groups is 1. The fraction of sp³-hybridized carbons (Fsp3) is 0.516. The molecule has 1 aliphatic carbocycles. The van der Waals surface area contributed by atoms with Crippen molar-refractivity contribution in [1.29, 1.82) is 0 Å². The summed E-state index contributed by atoms with van der Waals surface area (Å²) in [5.41, 5.74) is 6.11. The molecule has 1 aromatic carbocycles. The highest BCUT2D eigenvalue weighted by molar-refractivity contribution is 6.34. The first kappa shape index (κ1) is 30.2. The fourth-order valence-corrected chi connectivity index (χ4v) is 6.67. The van der Waals surface area contributed by atoms with Crippen LogP contribution < -0.4 is 16.5 Å². The first-order chi connectivity index (χ1) is 18.4. The summed E-state index contributed by atoms with van der Waals surface area (Å²) in [5.74, 6) is -0.413. The molecule has 4 rings (SSSR count). The van der Waals surface area contributed by atoms with Gasteiger partial charge in [0.05, 0.1) is 0 Å². The number of aliphatic hydroxyl groups excluding tert-OH is 1. The molecule has 2 atom stereocenters. The number of halogens is 2. The Balaban J connectivity index is 1.99. The van der Waals surface area contributed by atoms with Gasteiger partial charge in [-0.1, -0.05) is 83.8 Å². The maximum atomic E-state index is 14.3. The first-order valence-corrected chi connectivity index (χ1v) is 14.4. The van der Waals surface area contributed by atoms with E-state index in [-0.39, 0.29) is 61.9 Å². The second kappa shape index (κ2) is 10.6. The summed E-state index contributed by atoms with van der Waals surface area (Å²) < 4.78 is 7.60. The molecule has 0 amide bonds. The van der Waals surface area contributed by atoms with Crippen molar-refractivity contribution in [2.24, 2.45) is 28.6 Å². The molecule has 3 N–H and O–H groups in total. The van der Waals surface area contributed by atoms with E-state index in [1.807, 2.05) is 0 Å². The Kier molecular flexibility index (Phi) is 7.98. The topological polar surface area (TPSA) is 107 Å². The van der Waals surface area contributed by atoms with E-state index in [4.69, 9.17) is 33.7 Å². The molecular weight excluding hydrogens is 549 g/mol. The van der Waals surface area contributed by atoms with Gasteiger partial charge >= 0.3 is 5.97 Å². The number of nitrogens with two attached hydrogens (primary N) is 1. The smallest absolute Gasteiger partial charge is 0.342 e. The molecule has 2 heterocycles. The zero-order valence-corrected chi connectivity index (χ0v) is 25.9. The van der Waals surface area contributed by atoms with Crippen LogP contribution in [0.3, 0.4) is 0 Å². The zero-order chi connectivity index (χ0) is 29.9. The van der Waals surface area contributed by atoms with Crippen LogP contribution in [-0.2, 0) is 4.74 Å². The van der Waals surface area contributed by atoms with Crippen LogP contribution >= 0.6 is 23.2 Å². The monoisotopic (exact) mass is 587 g/mol. The minimum Gasteiger partial charge on any atom is -0.512 e. The number of carbonyl (C=O) groups excluding carboxylic acids is 1. The van der Waals surface area contributed by atoms with Crippen molar-refractivity contribution in [3.8, 4) is 11.1 Å². The van der Waals surface area contributed by atoms with Crippen LogP contribution in [-0.4, -0.2) is 26.6 Å². The summed E-state index contributed by atoms with van der Waals surface area (Å²) in [6, 6.07) is 6.79. The molecule has 7 nitrogen and oxygen atoms in total. The van der Waals surface area contributed by atoms with E-state index in [9.17, 15) is 14.7 Å². The standard InChI is InChI=1S/C31H39Cl2N3O4/c1-15-13-19(30(3,4)5)24(20(14-15)31(6,7)8)40-29(39)23-22(17-9-11-18(32)12-10-17)25(33)36-27(23)35-26(34)21(16(2)37)28(36)38/h9-12,15,19-20,24,37H,13-14H2,1-8H3,(H2,34,35)/b21-16+. The Labute approximate surface area is 245 Å². The van der Waals surface area contributed by atoms with Gasteiger partial charge in [-0.2, -0.15) is 0 Å². The third kappa shape index (κ3) is 5.42. The lowest BCUT2D eigenvalue weighted by Gasteiger charge is -2.50. The number of benzene rings is 1. The van der Waals surface area contributed by atoms with Crippen molar-refractivity contribution in [1.82, 2.24) is 9.38 Å². The highest BCUT2D eigenvalue weighted by atomic mass is 35.5. The SMILES string of the molecule is C/C(O)=c1/c(N)nc2c(C(=O)OC3C(C(C)(C)C)CC(C)CC3C(C)(C)C)c(-c3ccc(Cl)cc3)c(Cl)n2c1=O. The fourth-order valence-electron chi connectivity index (χ4n) is 6.18. The van der Waals surface area contributed by atoms with Crippen molar-refractivity contribution in [3.05, 3.63) is 55.6 Å². The molecular formula is C31H39Cl2N3O4. The number of nitrogen functional groups attached to an aromatic ring is 1. The van der Waals surface area contributed by atoms with Gasteiger partial charge in [0.15, 0.2) is 5.65 Å². The number of hydrogen-bond donors (Lipinski definition) is 2. The van der Waals surface area contributed by atoms with Gasteiger partial charge in [0, 0.05) is 22.4 Å². The summed E-state index contributed by atoms with van der Waals surface area (Å²) in [6.07, 6.45) is 1.49. The number of nitrogens with zero attached hydrogens (tertiary/aromatic N) is 2. The number of hydrogen-bond acceptors (Lipinski definition) is 6. The third-order valence-electron chi connectivity index (χ3n) is 8.26. The van der Waals surface area contributed by atoms with Gasteiger partial charge in [0.1, 0.15) is 33.6 Å². The summed E-state index contributed by atoms with van der Waals surface area (Å²) in [6.45, 7) is 16.7. The minimum atomic E-state index is -0.673. The van der Waals surface area contributed by atoms with E-state index in [0.29, 0.717) is 22.1 Å². The minimum absolute atomic E-state index is 0.0174. The van der Waals surface area contributed by atoms with Crippen LogP contribution in [0.2, 0.25) is 10.2 Å². The number of ether oxygens (including phenoxy) is 1. The molecule has 3 aromatic rings. The van der Waals surface area contributed by atoms with E-state index in [1.165, 1.54) is 6.92 Å². The molecule has 0 radical (unpaired) electrons. The summed E-state index contributed by atoms with van der Waals surface area (Å²) in [5, 5.41) is 10.5. The van der Waals surface area contributed by atoms with E-state index in [1.54, 1.807) is 24.3 Å². The zero-order valence-electron chi connectivity index (χ0n) is 24.4. The Hall–Kier alpha value is -2.77. The van der Waals surface area contributed by atoms with Gasteiger partial charge in [0.25, 0.3) is 5.56 Å². The lowest BCUT2D eigenvalue weighted by Crippen LogP contribution is -2.49. The highest BCUT2D eigenvalue weighted by Crippen LogP contribution is 2.50. The second-order valence-electron chi connectivity index (χ2n) is 13.4. The van der Waals surface area contributed by atoms with Gasteiger partial charge < -0.3 is 15.6 Å². The van der Waals surface area contributed by atoms with Gasteiger partial charge in [0.2, 0.25) is 0 Å².